The lowest BCUT2D eigenvalue weighted by Gasteiger charge is -2.41. The number of hydrogen-bond donors (Lipinski definition) is 0. The van der Waals surface area contributed by atoms with Gasteiger partial charge in [-0.1, -0.05) is 12.1 Å². The fourth-order valence-electron chi connectivity index (χ4n) is 1.88. The Hall–Kier alpha value is -1.07. The zero-order chi connectivity index (χ0) is 12.5. The van der Waals surface area contributed by atoms with Crippen LogP contribution >= 0.6 is 0 Å². The summed E-state index contributed by atoms with van der Waals surface area (Å²) >= 11 is 0. The molecule has 1 aromatic rings. The summed E-state index contributed by atoms with van der Waals surface area (Å²) in [6.45, 7) is 1.13. The van der Waals surface area contributed by atoms with E-state index in [4.69, 9.17) is 9.47 Å². The zero-order valence-electron chi connectivity index (χ0n) is 9.38. The van der Waals surface area contributed by atoms with E-state index in [0.29, 0.717) is 6.42 Å². The van der Waals surface area contributed by atoms with Gasteiger partial charge in [0.1, 0.15) is 5.82 Å². The quantitative estimate of drug-likeness (QED) is 0.798. The molecule has 1 fully saturated rings. The lowest BCUT2D eigenvalue weighted by molar-refractivity contribution is -0.362. The van der Waals surface area contributed by atoms with Gasteiger partial charge in [-0.05, 0) is 18.6 Å². The summed E-state index contributed by atoms with van der Waals surface area (Å²) in [6.07, 6.45) is 0.568. The third-order valence-electron chi connectivity index (χ3n) is 2.70. The van der Waals surface area contributed by atoms with E-state index in [1.807, 2.05) is 0 Å². The van der Waals surface area contributed by atoms with Crippen LogP contribution in [0.1, 0.15) is 18.9 Å². The highest BCUT2D eigenvalue weighted by Gasteiger charge is 2.55. The minimum atomic E-state index is -3.20. The maximum absolute atomic E-state index is 13.7. The Balaban J connectivity index is 2.43. The summed E-state index contributed by atoms with van der Waals surface area (Å²) in [5.41, 5.74) is 0.131. The smallest absolute Gasteiger partial charge is 0.302 e. The van der Waals surface area contributed by atoms with Crippen molar-refractivity contribution >= 4 is 0 Å². The molecular weight excluding hydrogens is 233 g/mol. The van der Waals surface area contributed by atoms with Crippen LogP contribution in [0.2, 0.25) is 0 Å². The minimum Gasteiger partial charge on any atom is -0.341 e. The monoisotopic (exact) mass is 246 g/mol. The Labute approximate surface area is 97.3 Å². The van der Waals surface area contributed by atoms with Gasteiger partial charge in [0.15, 0.2) is 0 Å². The van der Waals surface area contributed by atoms with Crippen LogP contribution in [0.4, 0.5) is 13.2 Å². The fraction of sp³-hybridized carbons (Fsp3) is 0.500. The average Bonchev–Trinajstić information content (AvgIpc) is 2.29. The molecular formula is C12H13F3O2. The van der Waals surface area contributed by atoms with Crippen molar-refractivity contribution in [2.24, 2.45) is 0 Å². The summed E-state index contributed by atoms with van der Waals surface area (Å²) in [4.78, 5) is 0. The summed E-state index contributed by atoms with van der Waals surface area (Å²) in [6, 6.07) is 4.75. The van der Waals surface area contributed by atoms with Crippen molar-refractivity contribution in [1.29, 1.82) is 0 Å². The van der Waals surface area contributed by atoms with Gasteiger partial charge >= 0.3 is 5.92 Å². The SMILES string of the molecule is CC(F)(F)C1(c2ccc(F)cc2)OCCCO1. The van der Waals surface area contributed by atoms with E-state index in [9.17, 15) is 13.2 Å². The first-order valence-electron chi connectivity index (χ1n) is 5.37. The third-order valence-corrected chi connectivity index (χ3v) is 2.70. The van der Waals surface area contributed by atoms with Crippen LogP contribution in [0.3, 0.4) is 0 Å². The number of benzene rings is 1. The average molecular weight is 246 g/mol. The molecule has 0 aliphatic carbocycles. The molecule has 1 aromatic carbocycles. The van der Waals surface area contributed by atoms with Gasteiger partial charge < -0.3 is 9.47 Å². The lowest BCUT2D eigenvalue weighted by Crippen LogP contribution is -2.50. The molecule has 0 amide bonds. The number of ether oxygens (including phenoxy) is 2. The molecule has 1 heterocycles. The summed E-state index contributed by atoms with van der Waals surface area (Å²) < 4.78 is 50.5. The van der Waals surface area contributed by atoms with Crippen LogP contribution < -0.4 is 0 Å². The van der Waals surface area contributed by atoms with E-state index < -0.39 is 17.5 Å². The van der Waals surface area contributed by atoms with Crippen LogP contribution in [0.25, 0.3) is 0 Å². The molecule has 94 valence electrons. The molecule has 0 spiro atoms. The highest BCUT2D eigenvalue weighted by Crippen LogP contribution is 2.43. The van der Waals surface area contributed by atoms with Gasteiger partial charge in [-0.2, -0.15) is 0 Å². The predicted molar refractivity (Wildman–Crippen MR) is 55.2 cm³/mol. The second kappa shape index (κ2) is 4.31. The maximum atomic E-state index is 13.7. The van der Waals surface area contributed by atoms with E-state index in [0.717, 1.165) is 19.1 Å². The Kier molecular flexibility index (Phi) is 3.14. The van der Waals surface area contributed by atoms with E-state index in [-0.39, 0.29) is 18.8 Å². The topological polar surface area (TPSA) is 18.5 Å². The number of alkyl halides is 2. The van der Waals surface area contributed by atoms with Crippen LogP contribution in [0.15, 0.2) is 24.3 Å². The molecule has 0 N–H and O–H groups in total. The molecule has 1 saturated heterocycles. The van der Waals surface area contributed by atoms with E-state index in [1.165, 1.54) is 12.1 Å². The van der Waals surface area contributed by atoms with Crippen molar-refractivity contribution in [3.63, 3.8) is 0 Å². The molecule has 17 heavy (non-hydrogen) atoms. The van der Waals surface area contributed by atoms with Crippen molar-refractivity contribution in [2.45, 2.75) is 25.1 Å². The van der Waals surface area contributed by atoms with Gasteiger partial charge in [0, 0.05) is 12.5 Å². The molecule has 0 radical (unpaired) electrons. The number of rotatable bonds is 2. The highest BCUT2D eigenvalue weighted by atomic mass is 19.3. The number of halogens is 3. The largest absolute Gasteiger partial charge is 0.341 e. The van der Waals surface area contributed by atoms with Gasteiger partial charge in [0.2, 0.25) is 0 Å². The molecule has 0 aromatic heterocycles. The van der Waals surface area contributed by atoms with Crippen LogP contribution in [-0.4, -0.2) is 19.1 Å². The minimum absolute atomic E-state index is 0.131. The summed E-state index contributed by atoms with van der Waals surface area (Å²) in [5, 5.41) is 0. The van der Waals surface area contributed by atoms with E-state index in [1.54, 1.807) is 0 Å². The third kappa shape index (κ3) is 2.17. The summed E-state index contributed by atoms with van der Waals surface area (Å²) in [7, 11) is 0. The number of hydrogen-bond acceptors (Lipinski definition) is 2. The van der Waals surface area contributed by atoms with Gasteiger partial charge in [0.05, 0.1) is 13.2 Å². The molecule has 1 aliphatic heterocycles. The van der Waals surface area contributed by atoms with Crippen molar-refractivity contribution in [1.82, 2.24) is 0 Å². The van der Waals surface area contributed by atoms with Gasteiger partial charge in [-0.3, -0.25) is 0 Å². The first-order chi connectivity index (χ1) is 7.96. The molecule has 0 bridgehead atoms. The summed E-state index contributed by atoms with van der Waals surface area (Å²) in [5.74, 6) is -5.79. The Morgan fingerprint density at radius 2 is 1.65 bits per heavy atom. The second-order valence-electron chi connectivity index (χ2n) is 4.06. The second-order valence-corrected chi connectivity index (χ2v) is 4.06. The molecule has 2 nitrogen and oxygen atoms in total. The fourth-order valence-corrected chi connectivity index (χ4v) is 1.88. The lowest BCUT2D eigenvalue weighted by atomic mass is 9.99. The maximum Gasteiger partial charge on any atom is 0.302 e. The van der Waals surface area contributed by atoms with Crippen LogP contribution in [0.5, 0.6) is 0 Å². The predicted octanol–water partition coefficient (Wildman–Crippen LogP) is 3.07. The normalized spacial score (nSPS) is 20.2. The zero-order valence-corrected chi connectivity index (χ0v) is 9.38. The van der Waals surface area contributed by atoms with Crippen LogP contribution in [0, 0.1) is 5.82 Å². The molecule has 0 unspecified atom stereocenters. The first kappa shape index (κ1) is 12.4. The van der Waals surface area contributed by atoms with Gasteiger partial charge in [0.25, 0.3) is 5.79 Å². The van der Waals surface area contributed by atoms with Crippen molar-refractivity contribution < 1.29 is 22.6 Å². The molecule has 0 atom stereocenters. The van der Waals surface area contributed by atoms with E-state index in [2.05, 4.69) is 0 Å². The molecule has 5 heteroatoms. The van der Waals surface area contributed by atoms with Crippen molar-refractivity contribution in [3.05, 3.63) is 35.6 Å². The molecule has 1 aliphatic rings. The molecule has 0 saturated carbocycles. The van der Waals surface area contributed by atoms with Gasteiger partial charge in [-0.15, -0.1) is 0 Å². The molecule has 2 rings (SSSR count). The van der Waals surface area contributed by atoms with Crippen molar-refractivity contribution in [3.8, 4) is 0 Å². The first-order valence-corrected chi connectivity index (χ1v) is 5.37. The van der Waals surface area contributed by atoms with Gasteiger partial charge in [-0.25, -0.2) is 13.2 Å². The standard InChI is InChI=1S/C12H13F3O2/c1-11(14,15)12(16-7-2-8-17-12)9-3-5-10(13)6-4-9/h3-6H,2,7-8H2,1H3. The highest BCUT2D eigenvalue weighted by molar-refractivity contribution is 5.24. The van der Waals surface area contributed by atoms with E-state index >= 15 is 0 Å². The Bertz CT molecular complexity index is 378. The van der Waals surface area contributed by atoms with Crippen LogP contribution in [-0.2, 0) is 15.3 Å². The Morgan fingerprint density at radius 1 is 1.12 bits per heavy atom. The van der Waals surface area contributed by atoms with Crippen molar-refractivity contribution in [2.75, 3.05) is 13.2 Å². The Morgan fingerprint density at radius 3 is 2.12 bits per heavy atom.